The Morgan fingerprint density at radius 1 is 1.92 bits per heavy atom. The van der Waals surface area contributed by atoms with Crippen molar-refractivity contribution >= 4 is 5.97 Å². The summed E-state index contributed by atoms with van der Waals surface area (Å²) in [6, 6.07) is -0.666. The van der Waals surface area contributed by atoms with Crippen LogP contribution in [0, 0.1) is 0 Å². The summed E-state index contributed by atoms with van der Waals surface area (Å²) in [6.07, 6.45) is 4.89. The Hall–Kier alpha value is -1.78. The number of hydrogen-bond acceptors (Lipinski definition) is 3. The van der Waals surface area contributed by atoms with E-state index < -0.39 is 12.0 Å². The van der Waals surface area contributed by atoms with E-state index >= 15 is 0 Å². The quantitative estimate of drug-likeness (QED) is 0.603. The number of nitrogens with zero attached hydrogens (tertiary/aromatic N) is 1. The number of carbonyl (C=O) groups is 1. The van der Waals surface area contributed by atoms with E-state index in [-0.39, 0.29) is 0 Å². The molecular formula is C8H11N3O2. The fourth-order valence-electron chi connectivity index (χ4n) is 0.971. The Morgan fingerprint density at radius 2 is 2.69 bits per heavy atom. The monoisotopic (exact) mass is 181 g/mol. The smallest absolute Gasteiger partial charge is 0.326 e. The minimum absolute atomic E-state index is 0.338. The number of imidazole rings is 1. The molecule has 3 N–H and O–H groups in total. The molecule has 0 saturated heterocycles. The lowest BCUT2D eigenvalue weighted by Gasteiger charge is -2.09. The third-order valence-corrected chi connectivity index (χ3v) is 1.59. The lowest BCUT2D eigenvalue weighted by atomic mass is 10.2. The molecular weight excluding hydrogens is 170 g/mol. The molecule has 1 aromatic heterocycles. The topological polar surface area (TPSA) is 78.0 Å². The van der Waals surface area contributed by atoms with Gasteiger partial charge in [-0.05, 0) is 6.20 Å². The molecule has 70 valence electrons. The van der Waals surface area contributed by atoms with Crippen LogP contribution in [-0.2, 0) is 11.2 Å². The third kappa shape index (κ3) is 2.62. The van der Waals surface area contributed by atoms with Crippen LogP contribution in [0.1, 0.15) is 5.69 Å². The number of H-pyrrole nitrogens is 1. The number of carboxylic acids is 1. The molecule has 1 heterocycles. The first-order valence-electron chi connectivity index (χ1n) is 3.81. The van der Waals surface area contributed by atoms with Crippen molar-refractivity contribution < 1.29 is 9.90 Å². The van der Waals surface area contributed by atoms with Crippen LogP contribution in [0.15, 0.2) is 25.3 Å². The average Bonchev–Trinajstić information content (AvgIpc) is 2.56. The maximum absolute atomic E-state index is 10.7. The van der Waals surface area contributed by atoms with Crippen molar-refractivity contribution in [2.75, 3.05) is 0 Å². The lowest BCUT2D eigenvalue weighted by Crippen LogP contribution is -2.35. The van der Waals surface area contributed by atoms with Crippen molar-refractivity contribution in [3.05, 3.63) is 31.0 Å². The number of hydrogen-bond donors (Lipinski definition) is 3. The van der Waals surface area contributed by atoms with Crippen LogP contribution in [0.3, 0.4) is 0 Å². The van der Waals surface area contributed by atoms with Crippen molar-refractivity contribution in [2.45, 2.75) is 12.5 Å². The van der Waals surface area contributed by atoms with Crippen LogP contribution in [0.4, 0.5) is 0 Å². The van der Waals surface area contributed by atoms with Crippen molar-refractivity contribution in [1.82, 2.24) is 15.3 Å². The predicted molar refractivity (Wildman–Crippen MR) is 47.0 cm³/mol. The third-order valence-electron chi connectivity index (χ3n) is 1.59. The van der Waals surface area contributed by atoms with Gasteiger partial charge in [0, 0.05) is 12.6 Å². The molecule has 0 aliphatic heterocycles. The van der Waals surface area contributed by atoms with Gasteiger partial charge in [-0.25, -0.2) is 9.78 Å². The van der Waals surface area contributed by atoms with Gasteiger partial charge in [0.1, 0.15) is 6.04 Å². The van der Waals surface area contributed by atoms with E-state index in [0.717, 1.165) is 0 Å². The highest BCUT2D eigenvalue weighted by molar-refractivity contribution is 5.73. The van der Waals surface area contributed by atoms with Gasteiger partial charge in [0.15, 0.2) is 0 Å². The highest BCUT2D eigenvalue weighted by Gasteiger charge is 2.16. The summed E-state index contributed by atoms with van der Waals surface area (Å²) in [7, 11) is 0. The maximum atomic E-state index is 10.7. The summed E-state index contributed by atoms with van der Waals surface area (Å²) in [5.41, 5.74) is 0.710. The Kier molecular flexibility index (Phi) is 3.08. The number of rotatable bonds is 5. The summed E-state index contributed by atoms with van der Waals surface area (Å²) in [5, 5.41) is 11.4. The molecule has 0 fully saturated rings. The average molecular weight is 181 g/mol. The summed E-state index contributed by atoms with van der Waals surface area (Å²) in [5.74, 6) is -0.914. The first-order chi connectivity index (χ1) is 6.24. The number of aromatic nitrogens is 2. The van der Waals surface area contributed by atoms with E-state index in [2.05, 4.69) is 21.9 Å². The lowest BCUT2D eigenvalue weighted by molar-refractivity contribution is -0.139. The minimum atomic E-state index is -0.914. The molecule has 0 spiro atoms. The first kappa shape index (κ1) is 9.31. The van der Waals surface area contributed by atoms with Crippen LogP contribution < -0.4 is 5.32 Å². The van der Waals surface area contributed by atoms with Crippen LogP contribution in [0.5, 0.6) is 0 Å². The van der Waals surface area contributed by atoms with Gasteiger partial charge in [0.05, 0.1) is 12.0 Å². The second-order valence-corrected chi connectivity index (χ2v) is 2.53. The van der Waals surface area contributed by atoms with E-state index in [1.165, 1.54) is 12.5 Å². The Labute approximate surface area is 75.5 Å². The van der Waals surface area contributed by atoms with Crippen molar-refractivity contribution in [3.8, 4) is 0 Å². The zero-order valence-corrected chi connectivity index (χ0v) is 7.03. The summed E-state index contributed by atoms with van der Waals surface area (Å²) in [4.78, 5) is 17.4. The fraction of sp³-hybridized carbons (Fsp3) is 0.250. The van der Waals surface area contributed by atoms with Crippen LogP contribution in [-0.4, -0.2) is 27.1 Å². The Balaban J connectivity index is 2.57. The molecule has 0 saturated carbocycles. The van der Waals surface area contributed by atoms with E-state index in [1.807, 2.05) is 0 Å². The molecule has 0 amide bonds. The zero-order valence-electron chi connectivity index (χ0n) is 7.03. The number of carboxylic acid groups (broad SMARTS) is 1. The van der Waals surface area contributed by atoms with E-state index in [4.69, 9.17) is 5.11 Å². The van der Waals surface area contributed by atoms with E-state index in [9.17, 15) is 4.79 Å². The van der Waals surface area contributed by atoms with Crippen molar-refractivity contribution in [3.63, 3.8) is 0 Å². The largest absolute Gasteiger partial charge is 0.480 e. The van der Waals surface area contributed by atoms with Gasteiger partial charge >= 0.3 is 5.97 Å². The highest BCUT2D eigenvalue weighted by Crippen LogP contribution is 1.98. The summed E-state index contributed by atoms with van der Waals surface area (Å²) in [6.45, 7) is 3.41. The van der Waals surface area contributed by atoms with Gasteiger partial charge in [-0.2, -0.15) is 0 Å². The molecule has 0 aromatic carbocycles. The number of aromatic amines is 1. The molecule has 1 atom stereocenters. The second kappa shape index (κ2) is 4.30. The van der Waals surface area contributed by atoms with Gasteiger partial charge in [-0.3, -0.25) is 0 Å². The molecule has 5 heteroatoms. The first-order valence-corrected chi connectivity index (χ1v) is 3.81. The number of nitrogens with one attached hydrogen (secondary N) is 2. The SMILES string of the molecule is C=CNC(Cc1c[nH]cn1)C(=O)O. The van der Waals surface area contributed by atoms with Crippen molar-refractivity contribution in [2.24, 2.45) is 0 Å². The molecule has 0 aliphatic carbocycles. The van der Waals surface area contributed by atoms with E-state index in [1.54, 1.807) is 6.20 Å². The maximum Gasteiger partial charge on any atom is 0.326 e. The van der Waals surface area contributed by atoms with Crippen LogP contribution >= 0.6 is 0 Å². The van der Waals surface area contributed by atoms with Crippen LogP contribution in [0.2, 0.25) is 0 Å². The molecule has 1 unspecified atom stereocenters. The molecule has 0 bridgehead atoms. The van der Waals surface area contributed by atoms with Gasteiger partial charge in [-0.1, -0.05) is 6.58 Å². The molecule has 0 aliphatic rings. The van der Waals surface area contributed by atoms with Crippen molar-refractivity contribution in [1.29, 1.82) is 0 Å². The van der Waals surface area contributed by atoms with Gasteiger partial charge in [-0.15, -0.1) is 0 Å². The fourth-order valence-corrected chi connectivity index (χ4v) is 0.971. The molecule has 1 aromatic rings. The zero-order chi connectivity index (χ0) is 9.68. The molecule has 13 heavy (non-hydrogen) atoms. The number of aliphatic carboxylic acids is 1. The normalized spacial score (nSPS) is 12.0. The standard InChI is InChI=1S/C8H11N3O2/c1-2-10-7(8(12)13)3-6-4-9-5-11-6/h2,4-5,7,10H,1,3H2,(H,9,11)(H,12,13). The highest BCUT2D eigenvalue weighted by atomic mass is 16.4. The predicted octanol–water partition coefficient (Wildman–Crippen LogP) is 0.139. The Bertz CT molecular complexity index is 282. The van der Waals surface area contributed by atoms with Gasteiger partial charge < -0.3 is 15.4 Å². The summed E-state index contributed by atoms with van der Waals surface area (Å²) >= 11 is 0. The van der Waals surface area contributed by atoms with E-state index in [0.29, 0.717) is 12.1 Å². The molecule has 0 radical (unpaired) electrons. The summed E-state index contributed by atoms with van der Waals surface area (Å²) < 4.78 is 0. The Morgan fingerprint density at radius 3 is 3.15 bits per heavy atom. The van der Waals surface area contributed by atoms with Gasteiger partial charge in [0.25, 0.3) is 0 Å². The molecule has 5 nitrogen and oxygen atoms in total. The minimum Gasteiger partial charge on any atom is -0.480 e. The van der Waals surface area contributed by atoms with Gasteiger partial charge in [0.2, 0.25) is 0 Å². The second-order valence-electron chi connectivity index (χ2n) is 2.53. The molecule has 1 rings (SSSR count). The van der Waals surface area contributed by atoms with Crippen LogP contribution in [0.25, 0.3) is 0 Å².